The van der Waals surface area contributed by atoms with Gasteiger partial charge in [-0.2, -0.15) is 13.2 Å². The first-order chi connectivity index (χ1) is 7.29. The minimum atomic E-state index is -4.44. The highest BCUT2D eigenvalue weighted by molar-refractivity contribution is 6.30. The van der Waals surface area contributed by atoms with Crippen LogP contribution >= 0.6 is 11.6 Å². The molecule has 0 amide bonds. The van der Waals surface area contributed by atoms with E-state index in [-0.39, 0.29) is 16.5 Å². The third-order valence-corrected chi connectivity index (χ3v) is 1.95. The summed E-state index contributed by atoms with van der Waals surface area (Å²) in [7, 11) is 1.23. The fourth-order valence-corrected chi connectivity index (χ4v) is 1.23. The Labute approximate surface area is 94.9 Å². The number of rotatable bonds is 3. The molecule has 0 aliphatic rings. The van der Waals surface area contributed by atoms with Gasteiger partial charge in [-0.1, -0.05) is 11.6 Å². The van der Waals surface area contributed by atoms with Crippen LogP contribution in [-0.4, -0.2) is 19.8 Å². The van der Waals surface area contributed by atoms with E-state index >= 15 is 0 Å². The van der Waals surface area contributed by atoms with E-state index in [1.807, 2.05) is 0 Å². The van der Waals surface area contributed by atoms with E-state index in [2.05, 4.69) is 4.74 Å². The molecule has 16 heavy (non-hydrogen) atoms. The topological polar surface area (TPSA) is 36.7 Å². The second kappa shape index (κ2) is 4.90. The van der Waals surface area contributed by atoms with Gasteiger partial charge in [-0.05, 0) is 12.1 Å². The predicted molar refractivity (Wildman–Crippen MR) is 52.9 cm³/mol. The van der Waals surface area contributed by atoms with Crippen molar-refractivity contribution in [3.63, 3.8) is 0 Å². The van der Waals surface area contributed by atoms with Crippen molar-refractivity contribution >= 4 is 17.3 Å². The first-order valence-electron chi connectivity index (χ1n) is 4.29. The number of benzene rings is 1. The molecule has 0 saturated heterocycles. The van der Waals surface area contributed by atoms with E-state index < -0.39 is 17.8 Å². The van der Waals surface area contributed by atoms with Gasteiger partial charge in [0.2, 0.25) is 0 Å². The maximum absolute atomic E-state index is 11.9. The quantitative estimate of drug-likeness (QED) is 0.838. The summed E-state index contributed by atoms with van der Waals surface area (Å²) in [6.07, 6.45) is -4.44. The van der Waals surface area contributed by atoms with Crippen LogP contribution in [0, 0.1) is 5.21 Å². The Morgan fingerprint density at radius 1 is 1.44 bits per heavy atom. The van der Waals surface area contributed by atoms with Gasteiger partial charge in [0.15, 0.2) is 18.0 Å². The fraction of sp³-hybridized carbons (Fsp3) is 0.333. The van der Waals surface area contributed by atoms with Crippen molar-refractivity contribution < 1.29 is 23.0 Å². The summed E-state index contributed by atoms with van der Waals surface area (Å²) < 4.78 is 40.3. The number of alkyl halides is 3. The predicted octanol–water partition coefficient (Wildman–Crippen LogP) is 1.93. The van der Waals surface area contributed by atoms with Crippen molar-refractivity contribution in [2.24, 2.45) is 0 Å². The van der Waals surface area contributed by atoms with Gasteiger partial charge in [-0.15, -0.1) is 0 Å². The number of hydrogen-bond donors (Lipinski definition) is 1. The van der Waals surface area contributed by atoms with Gasteiger partial charge in [-0.25, -0.2) is 0 Å². The van der Waals surface area contributed by atoms with Gasteiger partial charge >= 0.3 is 6.18 Å². The lowest BCUT2D eigenvalue weighted by molar-refractivity contribution is -0.751. The molecule has 1 unspecified atom stereocenters. The zero-order valence-electron chi connectivity index (χ0n) is 8.27. The maximum Gasteiger partial charge on any atom is 0.422 e. The molecule has 0 aromatic heterocycles. The number of hydroxylamine groups is 1. The summed E-state index contributed by atoms with van der Waals surface area (Å²) in [4.78, 5) is 0. The van der Waals surface area contributed by atoms with Crippen LogP contribution in [0.4, 0.5) is 18.9 Å². The van der Waals surface area contributed by atoms with Crippen molar-refractivity contribution in [3.8, 4) is 5.75 Å². The zero-order chi connectivity index (χ0) is 12.3. The zero-order valence-corrected chi connectivity index (χ0v) is 9.02. The average molecular weight is 256 g/mol. The van der Waals surface area contributed by atoms with Gasteiger partial charge in [0.1, 0.15) is 0 Å². The van der Waals surface area contributed by atoms with Crippen LogP contribution in [0.25, 0.3) is 0 Å². The number of nitrogens with one attached hydrogen (secondary N) is 1. The van der Waals surface area contributed by atoms with E-state index in [1.165, 1.54) is 25.2 Å². The minimum Gasteiger partial charge on any atom is -0.629 e. The number of quaternary nitrogens is 1. The SMILES string of the molecule is C[NH+]([O-])c1cc(Cl)ccc1OCC(F)(F)F. The lowest BCUT2D eigenvalue weighted by Gasteiger charge is -2.19. The normalized spacial score (nSPS) is 13.6. The molecule has 1 rings (SSSR count). The molecule has 0 bridgehead atoms. The molecular weight excluding hydrogens is 247 g/mol. The Kier molecular flexibility index (Phi) is 4.01. The van der Waals surface area contributed by atoms with Gasteiger partial charge in [-0.3, -0.25) is 0 Å². The van der Waals surface area contributed by atoms with E-state index in [0.717, 1.165) is 0 Å². The molecule has 0 aliphatic heterocycles. The largest absolute Gasteiger partial charge is 0.629 e. The van der Waals surface area contributed by atoms with Crippen LogP contribution in [0.1, 0.15) is 0 Å². The van der Waals surface area contributed by atoms with Crippen LogP contribution in [-0.2, 0) is 0 Å². The summed E-state index contributed by atoms with van der Waals surface area (Å²) in [6.45, 7) is -1.44. The Bertz CT molecular complexity index is 368. The van der Waals surface area contributed by atoms with E-state index in [9.17, 15) is 18.4 Å². The van der Waals surface area contributed by atoms with Crippen molar-refractivity contribution in [1.82, 2.24) is 0 Å². The van der Waals surface area contributed by atoms with E-state index in [1.54, 1.807) is 0 Å². The maximum atomic E-state index is 11.9. The highest BCUT2D eigenvalue weighted by Gasteiger charge is 2.29. The molecule has 0 heterocycles. The van der Waals surface area contributed by atoms with Gasteiger partial charge in [0, 0.05) is 11.1 Å². The fourth-order valence-electron chi connectivity index (χ4n) is 1.06. The molecule has 1 aromatic rings. The Hall–Kier alpha value is -0.980. The Morgan fingerprint density at radius 3 is 2.56 bits per heavy atom. The van der Waals surface area contributed by atoms with Gasteiger partial charge < -0.3 is 15.0 Å². The summed E-state index contributed by atoms with van der Waals surface area (Å²) in [5.74, 6) is -0.116. The average Bonchev–Trinajstić information content (AvgIpc) is 2.14. The van der Waals surface area contributed by atoms with E-state index in [0.29, 0.717) is 0 Å². The molecule has 1 atom stereocenters. The monoisotopic (exact) mass is 255 g/mol. The molecule has 1 aromatic carbocycles. The van der Waals surface area contributed by atoms with Crippen LogP contribution in [0.5, 0.6) is 5.75 Å². The van der Waals surface area contributed by atoms with Crippen molar-refractivity contribution in [3.05, 3.63) is 28.4 Å². The van der Waals surface area contributed by atoms with Crippen LogP contribution < -0.4 is 9.80 Å². The second-order valence-corrected chi connectivity index (χ2v) is 3.54. The highest BCUT2D eigenvalue weighted by Crippen LogP contribution is 2.26. The summed E-state index contributed by atoms with van der Waals surface area (Å²) in [5.41, 5.74) is 0.0387. The first kappa shape index (κ1) is 13.1. The molecule has 0 fully saturated rings. The summed E-state index contributed by atoms with van der Waals surface area (Å²) >= 11 is 5.62. The standard InChI is InChI=1S/C9H9ClF3NO2/c1-14(15)7-4-6(10)2-3-8(7)16-5-9(11,12)13/h2-4,14H,5H2,1H3. The molecular formula is C9H9ClF3NO2. The van der Waals surface area contributed by atoms with Crippen molar-refractivity contribution in [2.45, 2.75) is 6.18 Å². The van der Waals surface area contributed by atoms with Crippen LogP contribution in [0.15, 0.2) is 18.2 Å². The van der Waals surface area contributed by atoms with Crippen LogP contribution in [0.2, 0.25) is 5.02 Å². The second-order valence-electron chi connectivity index (χ2n) is 3.10. The number of halogens is 4. The van der Waals surface area contributed by atoms with Gasteiger partial charge in [0.25, 0.3) is 0 Å². The molecule has 90 valence electrons. The minimum absolute atomic E-state index is 0.0387. The lowest BCUT2D eigenvalue weighted by atomic mass is 10.3. The number of hydrogen-bond acceptors (Lipinski definition) is 2. The number of ether oxygens (including phenoxy) is 1. The molecule has 7 heteroatoms. The van der Waals surface area contributed by atoms with Crippen LogP contribution in [0.3, 0.4) is 0 Å². The first-order valence-corrected chi connectivity index (χ1v) is 4.67. The summed E-state index contributed by atoms with van der Waals surface area (Å²) in [6, 6.07) is 3.88. The third-order valence-electron chi connectivity index (χ3n) is 1.71. The molecule has 1 N–H and O–H groups in total. The molecule has 0 spiro atoms. The molecule has 3 nitrogen and oxygen atoms in total. The molecule has 0 saturated carbocycles. The summed E-state index contributed by atoms with van der Waals surface area (Å²) in [5, 5.41) is 11.0. The Balaban J connectivity index is 2.87. The smallest absolute Gasteiger partial charge is 0.422 e. The van der Waals surface area contributed by atoms with Crippen molar-refractivity contribution in [1.29, 1.82) is 0 Å². The van der Waals surface area contributed by atoms with E-state index in [4.69, 9.17) is 11.6 Å². The molecule has 0 aliphatic carbocycles. The third kappa shape index (κ3) is 3.88. The van der Waals surface area contributed by atoms with Gasteiger partial charge in [0.05, 0.1) is 7.05 Å². The van der Waals surface area contributed by atoms with Crippen molar-refractivity contribution in [2.75, 3.05) is 13.7 Å². The lowest BCUT2D eigenvalue weighted by Crippen LogP contribution is -2.98. The highest BCUT2D eigenvalue weighted by atomic mass is 35.5. The molecule has 0 radical (unpaired) electrons. The Morgan fingerprint density at radius 2 is 2.06 bits per heavy atom.